The highest BCUT2D eigenvalue weighted by Crippen LogP contribution is 2.17. The van der Waals surface area contributed by atoms with Gasteiger partial charge in [0.2, 0.25) is 5.91 Å². The third-order valence-corrected chi connectivity index (χ3v) is 5.81. The van der Waals surface area contributed by atoms with E-state index in [4.69, 9.17) is 6.42 Å². The molecule has 0 aliphatic carbocycles. The highest BCUT2D eigenvalue weighted by molar-refractivity contribution is 5.81. The Morgan fingerprint density at radius 3 is 2.37 bits per heavy atom. The first kappa shape index (κ1) is 19.9. The second-order valence-electron chi connectivity index (χ2n) is 7.91. The lowest BCUT2D eigenvalue weighted by molar-refractivity contribution is -0.127. The van der Waals surface area contributed by atoms with E-state index in [2.05, 4.69) is 45.3 Å². The Labute approximate surface area is 164 Å². The molecule has 0 saturated carbocycles. The van der Waals surface area contributed by atoms with Gasteiger partial charge in [0, 0.05) is 13.1 Å². The van der Waals surface area contributed by atoms with Crippen LogP contribution in [0.3, 0.4) is 0 Å². The SMILES string of the molecule is C#CCN1CCCCC1C(=O)NCc1ccc(CN2CCCCCC2)cc1. The number of rotatable bonds is 6. The number of nitrogens with one attached hydrogen (secondary N) is 1. The Hall–Kier alpha value is -1.83. The summed E-state index contributed by atoms with van der Waals surface area (Å²) in [6.45, 7) is 5.54. The zero-order valence-electron chi connectivity index (χ0n) is 16.5. The van der Waals surface area contributed by atoms with Crippen molar-refractivity contribution in [2.24, 2.45) is 0 Å². The topological polar surface area (TPSA) is 35.6 Å². The van der Waals surface area contributed by atoms with Crippen LogP contribution < -0.4 is 5.32 Å². The molecule has 1 amide bonds. The molecule has 1 aromatic rings. The molecule has 146 valence electrons. The van der Waals surface area contributed by atoms with E-state index in [-0.39, 0.29) is 11.9 Å². The molecule has 4 nitrogen and oxygen atoms in total. The lowest BCUT2D eigenvalue weighted by atomic mass is 10.0. The lowest BCUT2D eigenvalue weighted by Gasteiger charge is -2.33. The number of benzene rings is 1. The molecule has 2 fully saturated rings. The van der Waals surface area contributed by atoms with E-state index in [9.17, 15) is 4.79 Å². The predicted octanol–water partition coefficient (Wildman–Crippen LogP) is 3.17. The van der Waals surface area contributed by atoms with Gasteiger partial charge >= 0.3 is 0 Å². The summed E-state index contributed by atoms with van der Waals surface area (Å²) in [4.78, 5) is 17.3. The van der Waals surface area contributed by atoms with Crippen molar-refractivity contribution in [1.29, 1.82) is 0 Å². The van der Waals surface area contributed by atoms with Crippen LogP contribution in [0.15, 0.2) is 24.3 Å². The summed E-state index contributed by atoms with van der Waals surface area (Å²) < 4.78 is 0. The first-order valence-electron chi connectivity index (χ1n) is 10.5. The monoisotopic (exact) mass is 367 g/mol. The van der Waals surface area contributed by atoms with E-state index in [1.165, 1.54) is 44.3 Å². The smallest absolute Gasteiger partial charge is 0.237 e. The minimum Gasteiger partial charge on any atom is -0.351 e. The van der Waals surface area contributed by atoms with E-state index >= 15 is 0 Å². The largest absolute Gasteiger partial charge is 0.351 e. The molecule has 1 N–H and O–H groups in total. The normalized spacial score (nSPS) is 22.0. The van der Waals surface area contributed by atoms with Gasteiger partial charge in [0.25, 0.3) is 0 Å². The molecule has 2 heterocycles. The fraction of sp³-hybridized carbons (Fsp3) is 0.609. The number of likely N-dealkylation sites (tertiary alicyclic amines) is 2. The van der Waals surface area contributed by atoms with Crippen molar-refractivity contribution in [3.8, 4) is 12.3 Å². The van der Waals surface area contributed by atoms with Gasteiger partial charge in [-0.25, -0.2) is 0 Å². The summed E-state index contributed by atoms with van der Waals surface area (Å²) in [5, 5.41) is 3.11. The van der Waals surface area contributed by atoms with E-state index in [1.54, 1.807) is 0 Å². The van der Waals surface area contributed by atoms with Crippen LogP contribution >= 0.6 is 0 Å². The molecule has 0 spiro atoms. The van der Waals surface area contributed by atoms with Crippen molar-refractivity contribution in [1.82, 2.24) is 15.1 Å². The van der Waals surface area contributed by atoms with Crippen LogP contribution in [0.25, 0.3) is 0 Å². The first-order valence-corrected chi connectivity index (χ1v) is 10.5. The van der Waals surface area contributed by atoms with Crippen LogP contribution in [-0.2, 0) is 17.9 Å². The Morgan fingerprint density at radius 1 is 1.00 bits per heavy atom. The molecular formula is C23H33N3O. The fourth-order valence-electron chi connectivity index (χ4n) is 4.22. The molecule has 1 unspecified atom stereocenters. The highest BCUT2D eigenvalue weighted by Gasteiger charge is 2.27. The van der Waals surface area contributed by atoms with Gasteiger partial charge in [-0.1, -0.05) is 49.4 Å². The summed E-state index contributed by atoms with van der Waals surface area (Å²) in [6.07, 6.45) is 14.0. The van der Waals surface area contributed by atoms with Gasteiger partial charge in [0.15, 0.2) is 0 Å². The number of carbonyl (C=O) groups is 1. The predicted molar refractivity (Wildman–Crippen MR) is 110 cm³/mol. The number of nitrogens with zero attached hydrogens (tertiary/aromatic N) is 2. The minimum atomic E-state index is -0.0721. The first-order chi connectivity index (χ1) is 13.3. The molecule has 27 heavy (non-hydrogen) atoms. The maximum atomic E-state index is 12.6. The number of amides is 1. The maximum absolute atomic E-state index is 12.6. The number of piperidine rings is 1. The molecule has 0 bridgehead atoms. The van der Waals surface area contributed by atoms with Crippen LogP contribution in [0.4, 0.5) is 0 Å². The number of terminal acetylenes is 1. The lowest BCUT2D eigenvalue weighted by Crippen LogP contribution is -2.49. The second kappa shape index (κ2) is 10.5. The number of hydrogen-bond donors (Lipinski definition) is 1. The van der Waals surface area contributed by atoms with E-state index in [1.807, 2.05) is 0 Å². The van der Waals surface area contributed by atoms with Crippen LogP contribution in [0.1, 0.15) is 56.1 Å². The van der Waals surface area contributed by atoms with Crippen LogP contribution in [0.5, 0.6) is 0 Å². The molecule has 1 aromatic carbocycles. The summed E-state index contributed by atoms with van der Waals surface area (Å²) in [6, 6.07) is 8.63. The molecule has 2 aliphatic rings. The van der Waals surface area contributed by atoms with E-state index in [0.29, 0.717) is 13.1 Å². The summed E-state index contributed by atoms with van der Waals surface area (Å²) in [5.74, 6) is 2.79. The third-order valence-electron chi connectivity index (χ3n) is 5.81. The number of hydrogen-bond acceptors (Lipinski definition) is 3. The zero-order valence-corrected chi connectivity index (χ0v) is 16.5. The standard InChI is InChI=1S/C23H33N3O/c1-2-14-26-17-8-5-9-22(26)23(27)24-18-20-10-12-21(13-11-20)19-25-15-6-3-4-7-16-25/h1,10-13,22H,3-9,14-19H2,(H,24,27). The minimum absolute atomic E-state index is 0.0721. The molecule has 3 rings (SSSR count). The Morgan fingerprint density at radius 2 is 1.67 bits per heavy atom. The van der Waals surface area contributed by atoms with Crippen molar-refractivity contribution in [3.05, 3.63) is 35.4 Å². The molecule has 4 heteroatoms. The highest BCUT2D eigenvalue weighted by atomic mass is 16.2. The summed E-state index contributed by atoms with van der Waals surface area (Å²) >= 11 is 0. The number of carbonyl (C=O) groups excluding carboxylic acids is 1. The summed E-state index contributed by atoms with van der Waals surface area (Å²) in [7, 11) is 0. The van der Waals surface area contributed by atoms with Gasteiger partial charge in [-0.3, -0.25) is 14.6 Å². The van der Waals surface area contributed by atoms with Gasteiger partial charge in [-0.2, -0.15) is 0 Å². The Kier molecular flexibility index (Phi) is 7.74. The molecule has 1 atom stereocenters. The average Bonchev–Trinajstić information content (AvgIpc) is 2.96. The molecule has 2 aliphatic heterocycles. The molecular weight excluding hydrogens is 334 g/mol. The third kappa shape index (κ3) is 6.09. The van der Waals surface area contributed by atoms with Crippen molar-refractivity contribution < 1.29 is 4.79 Å². The zero-order chi connectivity index (χ0) is 18.9. The Balaban J connectivity index is 1.47. The van der Waals surface area contributed by atoms with Gasteiger partial charge in [-0.05, 0) is 56.4 Å². The van der Waals surface area contributed by atoms with Crippen LogP contribution in [0.2, 0.25) is 0 Å². The van der Waals surface area contributed by atoms with Gasteiger partial charge in [0.05, 0.1) is 12.6 Å². The van der Waals surface area contributed by atoms with Crippen molar-refractivity contribution >= 4 is 5.91 Å². The second-order valence-corrected chi connectivity index (χ2v) is 7.91. The van der Waals surface area contributed by atoms with E-state index < -0.39 is 0 Å². The molecule has 0 aromatic heterocycles. The van der Waals surface area contributed by atoms with Crippen LogP contribution in [0, 0.1) is 12.3 Å². The Bertz CT molecular complexity index is 626. The fourth-order valence-corrected chi connectivity index (χ4v) is 4.22. The summed E-state index contributed by atoms with van der Waals surface area (Å²) in [5.41, 5.74) is 2.52. The quantitative estimate of drug-likeness (QED) is 0.785. The molecule has 0 radical (unpaired) electrons. The maximum Gasteiger partial charge on any atom is 0.237 e. The van der Waals surface area contributed by atoms with Crippen molar-refractivity contribution in [3.63, 3.8) is 0 Å². The average molecular weight is 368 g/mol. The van der Waals surface area contributed by atoms with E-state index in [0.717, 1.165) is 37.9 Å². The van der Waals surface area contributed by atoms with Crippen LogP contribution in [-0.4, -0.2) is 47.9 Å². The van der Waals surface area contributed by atoms with Gasteiger partial charge in [-0.15, -0.1) is 6.42 Å². The van der Waals surface area contributed by atoms with Crippen molar-refractivity contribution in [2.75, 3.05) is 26.2 Å². The van der Waals surface area contributed by atoms with Crippen molar-refractivity contribution in [2.45, 2.75) is 64.1 Å². The van der Waals surface area contributed by atoms with Gasteiger partial charge < -0.3 is 5.32 Å². The molecule has 2 saturated heterocycles. The van der Waals surface area contributed by atoms with Gasteiger partial charge in [0.1, 0.15) is 0 Å².